The second-order valence-corrected chi connectivity index (χ2v) is 21.6. The van der Waals surface area contributed by atoms with Crippen LogP contribution in [0.15, 0.2) is 281 Å². The van der Waals surface area contributed by atoms with Crippen molar-refractivity contribution in [3.8, 4) is 0 Å². The Morgan fingerprint density at radius 3 is 0.534 bits per heavy atom. The van der Waals surface area contributed by atoms with E-state index < -0.39 is 25.7 Å². The van der Waals surface area contributed by atoms with Gasteiger partial charge in [-0.2, -0.15) is 21.9 Å². The van der Waals surface area contributed by atoms with Crippen molar-refractivity contribution in [3.63, 3.8) is 0 Å². The molecule has 4 aromatic carbocycles. The molecule has 0 fully saturated rings. The van der Waals surface area contributed by atoms with E-state index in [2.05, 4.69) is 161 Å². The number of pyridine rings is 2. The molecule has 0 saturated carbocycles. The van der Waals surface area contributed by atoms with Gasteiger partial charge in [0.05, 0.1) is 0 Å². The van der Waals surface area contributed by atoms with Crippen molar-refractivity contribution >= 4 is 69.9 Å². The molecule has 10 heterocycles. The van der Waals surface area contributed by atoms with Crippen LogP contribution in [0, 0.1) is 27.7 Å². The average Bonchev–Trinajstić information content (AvgIpc) is 1.98. The summed E-state index contributed by atoms with van der Waals surface area (Å²) >= 11 is 0. The first-order valence-electron chi connectivity index (χ1n) is 28.3. The zero-order chi connectivity index (χ0) is 59.1. The van der Waals surface area contributed by atoms with Crippen molar-refractivity contribution in [1.29, 1.82) is 0 Å². The molecule has 0 amide bonds. The van der Waals surface area contributed by atoms with Gasteiger partial charge in [-0.1, -0.05) is 178 Å². The van der Waals surface area contributed by atoms with Gasteiger partial charge in [-0.25, -0.2) is 40.8 Å². The number of hydrogen-bond acceptors (Lipinski definition) is 12. The molecule has 0 aliphatic carbocycles. The van der Waals surface area contributed by atoms with Crippen molar-refractivity contribution in [2.24, 2.45) is 0 Å². The van der Waals surface area contributed by atoms with Crippen LogP contribution in [0.3, 0.4) is 0 Å². The Labute approximate surface area is 529 Å². The number of hydrogen-bond donors (Lipinski definition) is 0. The van der Waals surface area contributed by atoms with Crippen molar-refractivity contribution < 1.29 is 44.1 Å². The van der Waals surface area contributed by atoms with E-state index in [0.29, 0.717) is 0 Å². The first-order valence-corrected chi connectivity index (χ1v) is 28.3. The smallest absolute Gasteiger partial charge is 1.00 e. The summed E-state index contributed by atoms with van der Waals surface area (Å²) in [4.78, 5) is 11.1. The zero-order valence-corrected chi connectivity index (χ0v) is 50.5. The number of aryl methyl sites for hydroxylation is 4. The maximum Gasteiger partial charge on any atom is 3.00 e. The Bertz CT molecular complexity index is 3660. The number of nitrogens with zero attached hydrogens (tertiary/aromatic N) is 18. The van der Waals surface area contributed by atoms with Gasteiger partial charge in [0.2, 0.25) is 0 Å². The van der Waals surface area contributed by atoms with Crippen LogP contribution in [-0.2, 0) is 33.6 Å². The third kappa shape index (κ3) is 10.5. The molecule has 0 radical (unpaired) electrons. The number of benzene rings is 4. The van der Waals surface area contributed by atoms with E-state index in [1.165, 1.54) is 22.3 Å². The quantitative estimate of drug-likeness (QED) is 0.0759. The van der Waals surface area contributed by atoms with E-state index in [1.807, 2.05) is 135 Å². The van der Waals surface area contributed by atoms with Gasteiger partial charge in [0.15, 0.2) is 0 Å². The Kier molecular flexibility index (Phi) is 18.3. The molecule has 0 bridgehead atoms. The summed E-state index contributed by atoms with van der Waals surface area (Å²) in [6.07, 6.45) is 22.3. The third-order valence-electron chi connectivity index (χ3n) is 16.7. The second-order valence-electron chi connectivity index (χ2n) is 21.6. The monoisotopic (exact) mass is 1250 g/mol. The Hall–Kier alpha value is -9.95. The zero-order valence-electron chi connectivity index (χ0n) is 48.4. The summed E-state index contributed by atoms with van der Waals surface area (Å²) in [5.41, 5.74) is 12.0. The fraction of sp³-hybridized carbons (Fsp3) is 0.0645. The Morgan fingerprint density at radius 2 is 0.398 bits per heavy atom. The fourth-order valence-electron chi connectivity index (χ4n) is 12.7. The SMILES string of the molecule is Cc1ccc([B-](c2cccc([B-](c3ccc(C)cc3)(n3cccn3)n3cccn3)n2)(n2cccn2)n2cccn2)cc1.Cc1ccc([B-](c2cccc([B-](c3ccc(C)cc3)(n3cccn3)n3cccn3)n2)(n2cccn2)n2cccn2)cc1.[Co+3].[Co+3].[O-][O-]. The van der Waals surface area contributed by atoms with Crippen molar-refractivity contribution in [2.75, 3.05) is 0 Å². The van der Waals surface area contributed by atoms with Crippen LogP contribution in [0.5, 0.6) is 0 Å². The Morgan fingerprint density at radius 1 is 0.239 bits per heavy atom. The molecular weight excluding hydrogens is 1190 g/mol. The van der Waals surface area contributed by atoms with E-state index in [4.69, 9.17) is 61.3 Å². The molecule has 14 aromatic rings. The van der Waals surface area contributed by atoms with Gasteiger partial charge in [-0.3, -0.25) is 0 Å². The summed E-state index contributed by atoms with van der Waals surface area (Å²) < 4.78 is 15.8. The van der Waals surface area contributed by atoms with Gasteiger partial charge in [0.25, 0.3) is 25.7 Å². The molecule has 438 valence electrons. The van der Waals surface area contributed by atoms with Crippen molar-refractivity contribution in [2.45, 2.75) is 27.7 Å². The van der Waals surface area contributed by atoms with Crippen LogP contribution in [-0.4, -0.2) is 113 Å². The van der Waals surface area contributed by atoms with E-state index in [1.54, 1.807) is 49.6 Å². The third-order valence-corrected chi connectivity index (χ3v) is 16.7. The van der Waals surface area contributed by atoms with Gasteiger partial charge in [-0.05, 0) is 126 Å². The topological polar surface area (TPSA) is 214 Å². The molecule has 14 rings (SSSR count). The van der Waals surface area contributed by atoms with Gasteiger partial charge < -0.3 is 57.2 Å². The number of aromatic nitrogens is 18. The largest absolute Gasteiger partial charge is 3.00 e. The Balaban J connectivity index is 0.000000185. The molecular formula is C62H58B4Co2N18O2. The average molecular weight is 1250 g/mol. The first-order chi connectivity index (χ1) is 42.3. The number of rotatable bonds is 16. The summed E-state index contributed by atoms with van der Waals surface area (Å²) in [6.45, 7) is 8.36. The van der Waals surface area contributed by atoms with Crippen molar-refractivity contribution in [1.82, 2.24) is 87.5 Å². The van der Waals surface area contributed by atoms with Crippen LogP contribution < -0.4 is 54.7 Å². The van der Waals surface area contributed by atoms with Gasteiger partial charge in [0, 0.05) is 49.6 Å². The van der Waals surface area contributed by atoms with Gasteiger partial charge >= 0.3 is 33.6 Å². The summed E-state index contributed by atoms with van der Waals surface area (Å²) in [5, 5.41) is 52.3. The molecule has 0 aliphatic heterocycles. The molecule has 10 aromatic heterocycles. The molecule has 26 heteroatoms. The molecule has 0 unspecified atom stereocenters. The van der Waals surface area contributed by atoms with Crippen molar-refractivity contribution in [3.05, 3.63) is 303 Å². The summed E-state index contributed by atoms with van der Waals surface area (Å²) in [5.74, 6) is 0. The van der Waals surface area contributed by atoms with Gasteiger partial charge in [-0.15, -0.1) is 0 Å². The van der Waals surface area contributed by atoms with E-state index in [-0.39, 0.29) is 33.6 Å². The molecule has 0 aliphatic rings. The summed E-state index contributed by atoms with van der Waals surface area (Å²) in [6, 6.07) is 62.0. The van der Waals surface area contributed by atoms with E-state index >= 15 is 0 Å². The predicted octanol–water partition coefficient (Wildman–Crippen LogP) is 1.20. The minimum Gasteiger partial charge on any atom is -1.00 e. The van der Waals surface area contributed by atoms with E-state index in [0.717, 1.165) is 44.2 Å². The minimum absolute atomic E-state index is 0. The molecule has 0 N–H and O–H groups in total. The maximum absolute atomic E-state index is 7.00. The van der Waals surface area contributed by atoms with Crippen LogP contribution in [0.4, 0.5) is 0 Å². The fourth-order valence-corrected chi connectivity index (χ4v) is 12.7. The van der Waals surface area contributed by atoms with Crippen LogP contribution in [0.2, 0.25) is 0 Å². The normalized spacial score (nSPS) is 11.6. The van der Waals surface area contributed by atoms with E-state index in [9.17, 15) is 0 Å². The molecule has 88 heavy (non-hydrogen) atoms. The second kappa shape index (κ2) is 26.3. The first kappa shape index (κ1) is 61.2. The maximum atomic E-state index is 7.00. The molecule has 0 spiro atoms. The molecule has 20 nitrogen and oxygen atoms in total. The minimum atomic E-state index is -1.98. The van der Waals surface area contributed by atoms with Crippen LogP contribution in [0.25, 0.3) is 0 Å². The molecule has 0 saturated heterocycles. The predicted molar refractivity (Wildman–Crippen MR) is 334 cm³/mol. The van der Waals surface area contributed by atoms with Crippen LogP contribution >= 0.6 is 0 Å². The molecule has 0 atom stereocenters. The standard InChI is InChI=1S/2C31H29B2N9.2Co.O2/c2*1-26-10-14-28(15-11-26)32(39-22-4-18-34-39,40-23-5-19-35-40)30-8-3-9-31(38-30)33(41-24-6-20-36-41,42-25-7-21-37-42)29-16-12-27(2)13-17-29;;;1-2/h2*3-25H,1-2H3;;;/q2*-2;2*+3;-2. The van der Waals surface area contributed by atoms with Crippen LogP contribution in [0.1, 0.15) is 22.3 Å². The van der Waals surface area contributed by atoms with Gasteiger partial charge in [0.1, 0.15) is 0 Å². The summed E-state index contributed by atoms with van der Waals surface area (Å²) in [7, 11) is 0.